The molecule has 20 heavy (non-hydrogen) atoms. The molecule has 0 fully saturated rings. The minimum absolute atomic E-state index is 0.00201. The molecule has 0 aliphatic carbocycles. The van der Waals surface area contributed by atoms with Crippen molar-refractivity contribution in [1.82, 2.24) is 0 Å². The fraction of sp³-hybridized carbons (Fsp3) is 0.133. The highest BCUT2D eigenvalue weighted by atomic mass is 32.2. The lowest BCUT2D eigenvalue weighted by Gasteiger charge is -2.06. The van der Waals surface area contributed by atoms with E-state index < -0.39 is 0 Å². The average Bonchev–Trinajstić information content (AvgIpc) is 2.49. The standard InChI is InChI=1S/C15H16N2OS2/c1-19-13-3-2-4-14(9-13)20-12-7-5-11(6-8-12)17-15(18)10-16/h2-9H,10,16H2,1H3,(H,17,18). The van der Waals surface area contributed by atoms with Crippen molar-refractivity contribution in [3.05, 3.63) is 48.5 Å². The predicted molar refractivity (Wildman–Crippen MR) is 86.5 cm³/mol. The second-order valence-corrected chi connectivity index (χ2v) is 6.08. The van der Waals surface area contributed by atoms with Crippen molar-refractivity contribution in [2.45, 2.75) is 14.7 Å². The van der Waals surface area contributed by atoms with Gasteiger partial charge in [0.25, 0.3) is 0 Å². The zero-order chi connectivity index (χ0) is 14.4. The number of nitrogens with one attached hydrogen (secondary N) is 1. The molecule has 0 aliphatic heterocycles. The molecule has 2 aromatic rings. The number of hydrogen-bond donors (Lipinski definition) is 2. The summed E-state index contributed by atoms with van der Waals surface area (Å²) in [5.74, 6) is -0.182. The molecular weight excluding hydrogens is 288 g/mol. The van der Waals surface area contributed by atoms with Crippen LogP contribution in [0.1, 0.15) is 0 Å². The van der Waals surface area contributed by atoms with Gasteiger partial charge in [0.1, 0.15) is 0 Å². The Labute approximate surface area is 127 Å². The maximum Gasteiger partial charge on any atom is 0.238 e. The van der Waals surface area contributed by atoms with E-state index in [1.165, 1.54) is 9.79 Å². The van der Waals surface area contributed by atoms with Crippen LogP contribution in [0.5, 0.6) is 0 Å². The van der Waals surface area contributed by atoms with Crippen molar-refractivity contribution in [1.29, 1.82) is 0 Å². The molecule has 0 spiro atoms. The number of nitrogens with two attached hydrogens (primary N) is 1. The average molecular weight is 304 g/mol. The number of benzene rings is 2. The van der Waals surface area contributed by atoms with Gasteiger partial charge in [-0.25, -0.2) is 0 Å². The highest BCUT2D eigenvalue weighted by molar-refractivity contribution is 7.99. The summed E-state index contributed by atoms with van der Waals surface area (Å²) in [6.07, 6.45) is 2.07. The Morgan fingerprint density at radius 2 is 1.80 bits per heavy atom. The Morgan fingerprint density at radius 3 is 2.45 bits per heavy atom. The Hall–Kier alpha value is -1.43. The van der Waals surface area contributed by atoms with E-state index in [1.54, 1.807) is 23.5 Å². The van der Waals surface area contributed by atoms with Gasteiger partial charge in [0.05, 0.1) is 6.54 Å². The smallest absolute Gasteiger partial charge is 0.238 e. The lowest BCUT2D eigenvalue weighted by Crippen LogP contribution is -2.21. The maximum atomic E-state index is 11.2. The number of anilines is 1. The first-order valence-corrected chi connectivity index (χ1v) is 8.17. The summed E-state index contributed by atoms with van der Waals surface area (Å²) in [5, 5.41) is 2.72. The van der Waals surface area contributed by atoms with E-state index in [2.05, 4.69) is 35.8 Å². The lowest BCUT2D eigenvalue weighted by molar-refractivity contribution is -0.114. The predicted octanol–water partition coefficient (Wildman–Crippen LogP) is 3.46. The monoisotopic (exact) mass is 304 g/mol. The Bertz CT molecular complexity index is 585. The van der Waals surface area contributed by atoms with Gasteiger partial charge in [-0.15, -0.1) is 11.8 Å². The highest BCUT2D eigenvalue weighted by Crippen LogP contribution is 2.30. The Balaban J connectivity index is 2.04. The molecule has 0 saturated heterocycles. The van der Waals surface area contributed by atoms with Crippen LogP contribution in [0.4, 0.5) is 5.69 Å². The van der Waals surface area contributed by atoms with Crippen LogP contribution in [-0.4, -0.2) is 18.7 Å². The first kappa shape index (κ1) is 15.0. The van der Waals surface area contributed by atoms with Crippen molar-refractivity contribution in [2.24, 2.45) is 5.73 Å². The van der Waals surface area contributed by atoms with Crippen molar-refractivity contribution >= 4 is 35.1 Å². The molecular formula is C15H16N2OS2. The number of rotatable bonds is 5. The number of hydrogen-bond acceptors (Lipinski definition) is 4. The molecule has 2 aromatic carbocycles. The third-order valence-corrected chi connectivity index (χ3v) is 4.32. The molecule has 3 N–H and O–H groups in total. The van der Waals surface area contributed by atoms with E-state index >= 15 is 0 Å². The van der Waals surface area contributed by atoms with E-state index in [9.17, 15) is 4.79 Å². The van der Waals surface area contributed by atoms with Gasteiger partial charge in [-0.05, 0) is 48.7 Å². The van der Waals surface area contributed by atoms with Gasteiger partial charge in [0.15, 0.2) is 0 Å². The van der Waals surface area contributed by atoms with E-state index in [0.717, 1.165) is 10.6 Å². The van der Waals surface area contributed by atoms with Crippen LogP contribution in [-0.2, 0) is 4.79 Å². The van der Waals surface area contributed by atoms with Gasteiger partial charge >= 0.3 is 0 Å². The van der Waals surface area contributed by atoms with Crippen molar-refractivity contribution < 1.29 is 4.79 Å². The molecule has 0 heterocycles. The fourth-order valence-corrected chi connectivity index (χ4v) is 3.03. The summed E-state index contributed by atoms with van der Waals surface area (Å²) in [6, 6.07) is 16.2. The molecule has 0 saturated carbocycles. The Kier molecular flexibility index (Phi) is 5.52. The molecule has 0 atom stereocenters. The first-order valence-electron chi connectivity index (χ1n) is 6.13. The summed E-state index contributed by atoms with van der Waals surface area (Å²) in [5.41, 5.74) is 6.03. The zero-order valence-corrected chi connectivity index (χ0v) is 12.8. The number of carbonyl (C=O) groups is 1. The maximum absolute atomic E-state index is 11.2. The molecule has 5 heteroatoms. The van der Waals surface area contributed by atoms with Gasteiger partial charge in [-0.1, -0.05) is 17.8 Å². The quantitative estimate of drug-likeness (QED) is 0.831. The van der Waals surface area contributed by atoms with Crippen molar-refractivity contribution in [2.75, 3.05) is 18.1 Å². The molecule has 3 nitrogen and oxygen atoms in total. The van der Waals surface area contributed by atoms with Gasteiger partial charge in [-0.2, -0.15) is 0 Å². The van der Waals surface area contributed by atoms with E-state index in [0.29, 0.717) is 0 Å². The van der Waals surface area contributed by atoms with Gasteiger partial charge in [-0.3, -0.25) is 4.79 Å². The molecule has 0 radical (unpaired) electrons. The van der Waals surface area contributed by atoms with Crippen LogP contribution in [0.25, 0.3) is 0 Å². The SMILES string of the molecule is CSc1cccc(Sc2ccc(NC(=O)CN)cc2)c1. The number of carbonyl (C=O) groups excluding carboxylic acids is 1. The number of amides is 1. The van der Waals surface area contributed by atoms with Crippen LogP contribution in [0.2, 0.25) is 0 Å². The summed E-state index contributed by atoms with van der Waals surface area (Å²) in [7, 11) is 0. The van der Waals surface area contributed by atoms with Crippen LogP contribution in [0, 0.1) is 0 Å². The van der Waals surface area contributed by atoms with E-state index in [1.807, 2.05) is 24.3 Å². The van der Waals surface area contributed by atoms with Crippen LogP contribution in [0.3, 0.4) is 0 Å². The fourth-order valence-electron chi connectivity index (χ4n) is 1.62. The molecule has 0 aromatic heterocycles. The molecule has 0 bridgehead atoms. The second-order valence-electron chi connectivity index (χ2n) is 4.06. The second kappa shape index (κ2) is 7.38. The van der Waals surface area contributed by atoms with Crippen LogP contribution >= 0.6 is 23.5 Å². The minimum atomic E-state index is -0.182. The van der Waals surface area contributed by atoms with E-state index in [-0.39, 0.29) is 12.5 Å². The summed E-state index contributed by atoms with van der Waals surface area (Å²) < 4.78 is 0. The molecule has 0 unspecified atom stereocenters. The largest absolute Gasteiger partial charge is 0.325 e. The third kappa shape index (κ3) is 4.30. The molecule has 2 rings (SSSR count). The summed E-state index contributed by atoms with van der Waals surface area (Å²) >= 11 is 3.43. The van der Waals surface area contributed by atoms with Gasteiger partial charge in [0.2, 0.25) is 5.91 Å². The topological polar surface area (TPSA) is 55.1 Å². The summed E-state index contributed by atoms with van der Waals surface area (Å²) in [4.78, 5) is 14.8. The molecule has 1 amide bonds. The van der Waals surface area contributed by atoms with Gasteiger partial charge < -0.3 is 11.1 Å². The van der Waals surface area contributed by atoms with E-state index in [4.69, 9.17) is 5.73 Å². The highest BCUT2D eigenvalue weighted by Gasteiger charge is 2.01. The zero-order valence-electron chi connectivity index (χ0n) is 11.1. The summed E-state index contributed by atoms with van der Waals surface area (Å²) in [6.45, 7) is -0.00201. The molecule has 0 aliphatic rings. The van der Waals surface area contributed by atoms with Crippen molar-refractivity contribution in [3.8, 4) is 0 Å². The number of thioether (sulfide) groups is 1. The lowest BCUT2D eigenvalue weighted by atomic mass is 10.3. The normalized spacial score (nSPS) is 10.3. The Morgan fingerprint density at radius 1 is 1.10 bits per heavy atom. The van der Waals surface area contributed by atoms with Crippen LogP contribution in [0.15, 0.2) is 63.2 Å². The van der Waals surface area contributed by atoms with Gasteiger partial charge in [0, 0.05) is 20.4 Å². The first-order chi connectivity index (χ1) is 9.71. The third-order valence-electron chi connectivity index (χ3n) is 2.60. The molecule has 104 valence electrons. The van der Waals surface area contributed by atoms with Crippen molar-refractivity contribution in [3.63, 3.8) is 0 Å². The van der Waals surface area contributed by atoms with Crippen LogP contribution < -0.4 is 11.1 Å². The minimum Gasteiger partial charge on any atom is -0.325 e.